The van der Waals surface area contributed by atoms with Crippen molar-refractivity contribution < 1.29 is 0 Å². The number of rotatable bonds is 3. The summed E-state index contributed by atoms with van der Waals surface area (Å²) < 4.78 is 5.39. The summed E-state index contributed by atoms with van der Waals surface area (Å²) in [5.74, 6) is 0. The lowest BCUT2D eigenvalue weighted by molar-refractivity contribution is 0.332. The highest BCUT2D eigenvalue weighted by Gasteiger charge is 2.49. The van der Waals surface area contributed by atoms with Gasteiger partial charge in [-0.1, -0.05) is 152 Å². The van der Waals surface area contributed by atoms with Crippen LogP contribution in [0.15, 0.2) is 146 Å². The fourth-order valence-corrected chi connectivity index (χ4v) is 15.9. The van der Waals surface area contributed by atoms with Gasteiger partial charge >= 0.3 is 6.85 Å². The third kappa shape index (κ3) is 5.91. The van der Waals surface area contributed by atoms with Gasteiger partial charge in [0.2, 0.25) is 0 Å². The normalized spacial score (nSPS) is 17.9. The molecule has 4 heterocycles. The van der Waals surface area contributed by atoms with Gasteiger partial charge < -0.3 is 9.71 Å². The number of thiophene rings is 2. The van der Waals surface area contributed by atoms with Crippen LogP contribution in [0, 0.1) is 6.92 Å². The van der Waals surface area contributed by atoms with E-state index < -0.39 is 0 Å². The monoisotopic (exact) mass is 942 g/mol. The zero-order valence-corrected chi connectivity index (χ0v) is 43.6. The average Bonchev–Trinajstić information content (AvgIpc) is 3.93. The lowest BCUT2D eigenvalue weighted by atomic mass is 9.43. The molecule has 0 saturated carbocycles. The fourth-order valence-electron chi connectivity index (χ4n) is 13.5. The van der Waals surface area contributed by atoms with Crippen molar-refractivity contribution in [3.05, 3.63) is 173 Å². The van der Waals surface area contributed by atoms with E-state index in [9.17, 15) is 0 Å². The number of nitrogens with zero attached hydrogens (tertiary/aromatic N) is 2. The molecule has 344 valence electrons. The molecule has 10 aromatic rings. The van der Waals surface area contributed by atoms with Crippen LogP contribution in [0.4, 0.5) is 28.4 Å². The van der Waals surface area contributed by atoms with Gasteiger partial charge in [0.1, 0.15) is 0 Å². The van der Waals surface area contributed by atoms with Crippen molar-refractivity contribution in [2.45, 2.75) is 110 Å². The molecular weight excluding hydrogens is 884 g/mol. The Morgan fingerprint density at radius 3 is 1.83 bits per heavy atom. The van der Waals surface area contributed by atoms with Gasteiger partial charge in [-0.3, -0.25) is 0 Å². The van der Waals surface area contributed by atoms with E-state index in [4.69, 9.17) is 0 Å². The maximum Gasteiger partial charge on any atom is 0.333 e. The summed E-state index contributed by atoms with van der Waals surface area (Å²) in [5.41, 5.74) is 22.0. The molecule has 5 heteroatoms. The number of anilines is 5. The molecule has 0 unspecified atom stereocenters. The molecule has 2 aliphatic heterocycles. The third-order valence-electron chi connectivity index (χ3n) is 17.7. The Balaban J connectivity index is 1.17. The molecule has 0 atom stereocenters. The van der Waals surface area contributed by atoms with E-state index in [1.54, 1.807) is 0 Å². The maximum absolute atomic E-state index is 2.83. The minimum Gasteiger partial charge on any atom is -0.376 e. The molecule has 0 fully saturated rings. The summed E-state index contributed by atoms with van der Waals surface area (Å²) >= 11 is 3.91. The van der Waals surface area contributed by atoms with Gasteiger partial charge in [0.15, 0.2) is 0 Å². The Kier molecular flexibility index (Phi) is 8.84. The number of fused-ring (bicyclic) bond motifs is 14. The Morgan fingerprint density at radius 2 is 1.10 bits per heavy atom. The summed E-state index contributed by atoms with van der Waals surface area (Å²) in [6.07, 6.45) is 4.71. The van der Waals surface area contributed by atoms with Gasteiger partial charge in [0, 0.05) is 79.9 Å². The van der Waals surface area contributed by atoms with Crippen LogP contribution in [0.5, 0.6) is 0 Å². The van der Waals surface area contributed by atoms with E-state index in [0.29, 0.717) is 0 Å². The molecule has 0 amide bonds. The predicted octanol–water partition coefficient (Wildman–Crippen LogP) is 17.8. The van der Waals surface area contributed by atoms with Gasteiger partial charge in [-0.2, -0.15) is 0 Å². The maximum atomic E-state index is 2.83. The predicted molar refractivity (Wildman–Crippen MR) is 307 cm³/mol. The highest BCUT2D eigenvalue weighted by molar-refractivity contribution is 7.27. The molecule has 14 rings (SSSR count). The van der Waals surface area contributed by atoms with E-state index in [1.165, 1.54) is 155 Å². The lowest BCUT2D eigenvalue weighted by Gasteiger charge is -2.48. The Labute approximate surface area is 421 Å². The Hall–Kier alpha value is -6.14. The number of hydrogen-bond acceptors (Lipinski definition) is 4. The highest BCUT2D eigenvalue weighted by atomic mass is 32.1. The first-order valence-electron chi connectivity index (χ1n) is 25.6. The van der Waals surface area contributed by atoms with Crippen molar-refractivity contribution >= 4 is 109 Å². The highest BCUT2D eigenvalue weighted by Crippen LogP contribution is 2.57. The summed E-state index contributed by atoms with van der Waals surface area (Å²) in [7, 11) is 0. The van der Waals surface area contributed by atoms with Crippen LogP contribution in [0.3, 0.4) is 0 Å². The first kappa shape index (κ1) is 42.7. The zero-order chi connectivity index (χ0) is 47.8. The van der Waals surface area contributed by atoms with Gasteiger partial charge in [-0.25, -0.2) is 0 Å². The van der Waals surface area contributed by atoms with Crippen LogP contribution < -0.4 is 20.6 Å². The van der Waals surface area contributed by atoms with Crippen molar-refractivity contribution in [2.24, 2.45) is 0 Å². The molecule has 2 nitrogen and oxygen atoms in total. The van der Waals surface area contributed by atoms with Gasteiger partial charge in [0.05, 0.1) is 0 Å². The summed E-state index contributed by atoms with van der Waals surface area (Å²) in [6, 6.07) is 57.1. The third-order valence-corrected chi connectivity index (χ3v) is 20.0. The van der Waals surface area contributed by atoms with Crippen LogP contribution in [0.25, 0.3) is 62.6 Å². The molecule has 0 bridgehead atoms. The second-order valence-electron chi connectivity index (χ2n) is 23.8. The van der Waals surface area contributed by atoms with E-state index in [0.717, 1.165) is 0 Å². The Morgan fingerprint density at radius 1 is 0.471 bits per heavy atom. The quantitative estimate of drug-likeness (QED) is 0.163. The fraction of sp³-hybridized carbons (Fsp3) is 0.262. The van der Waals surface area contributed by atoms with Crippen LogP contribution >= 0.6 is 22.7 Å². The van der Waals surface area contributed by atoms with Crippen LogP contribution in [0.1, 0.15) is 109 Å². The summed E-state index contributed by atoms with van der Waals surface area (Å²) in [4.78, 5) is 5.54. The van der Waals surface area contributed by atoms with E-state index in [1.807, 2.05) is 22.7 Å². The van der Waals surface area contributed by atoms with Crippen molar-refractivity contribution in [3.63, 3.8) is 0 Å². The van der Waals surface area contributed by atoms with Crippen molar-refractivity contribution in [3.8, 4) is 22.3 Å². The largest absolute Gasteiger partial charge is 0.376 e. The van der Waals surface area contributed by atoms with E-state index >= 15 is 0 Å². The second-order valence-corrected chi connectivity index (χ2v) is 25.9. The minimum atomic E-state index is -0.127. The van der Waals surface area contributed by atoms with E-state index in [-0.39, 0.29) is 28.5 Å². The van der Waals surface area contributed by atoms with Crippen molar-refractivity contribution in [1.82, 2.24) is 0 Å². The number of hydrogen-bond donors (Lipinski definition) is 0. The average molecular weight is 943 g/mol. The summed E-state index contributed by atoms with van der Waals surface area (Å²) in [6.45, 7) is 22.0. The topological polar surface area (TPSA) is 6.48 Å². The standard InChI is InChI=1S/C65H59BN2S2/c1-38-33-47-49(65(8,9)32-31-63(47,4)5)37-52(38)67-51-27-23-40(39-17-11-10-12-18-39)34-50(51)66-59-53(67)36-45-42-19-13-15-21-54(42)70-61(45)58(59)44-25-28-56-57(43-20-14-16-22-55(43)69-56)60(44)68(66)41-24-26-46-48(35-41)64(6,7)30-29-62(46,2)3/h10-28,33-37H,29-32H2,1-9H3. The smallest absolute Gasteiger partial charge is 0.333 e. The molecule has 0 radical (unpaired) electrons. The molecule has 4 aliphatic rings. The van der Waals surface area contributed by atoms with Gasteiger partial charge in [0.25, 0.3) is 0 Å². The first-order chi connectivity index (χ1) is 33.6. The number of aryl methyl sites for hydroxylation is 1. The SMILES string of the molecule is Cc1cc2c(cc1N1c3ccc(-c4ccccc4)cc3B3c4c1cc1c(sc5ccccc51)c4-c1ccc4sc5ccccc5c4c1N3c1ccc3c(c1)C(C)(C)CCC3(C)C)C(C)(C)CCC2(C)C. The summed E-state index contributed by atoms with van der Waals surface area (Å²) in [5, 5.41) is 5.37. The van der Waals surface area contributed by atoms with Crippen molar-refractivity contribution in [1.29, 1.82) is 0 Å². The molecule has 0 spiro atoms. The second kappa shape index (κ2) is 14.5. The number of benzene rings is 8. The van der Waals surface area contributed by atoms with Crippen LogP contribution in [-0.2, 0) is 21.7 Å². The van der Waals surface area contributed by atoms with Gasteiger partial charge in [-0.15, -0.1) is 22.7 Å². The Bertz CT molecular complexity index is 3880. The molecule has 2 aromatic heterocycles. The molecule has 70 heavy (non-hydrogen) atoms. The lowest BCUT2D eigenvalue weighted by Crippen LogP contribution is -2.61. The molecular formula is C65H59BN2S2. The molecule has 8 aromatic carbocycles. The molecule has 0 N–H and O–H groups in total. The first-order valence-corrected chi connectivity index (χ1v) is 27.3. The zero-order valence-electron chi connectivity index (χ0n) is 42.0. The van der Waals surface area contributed by atoms with E-state index in [2.05, 4.69) is 218 Å². The van der Waals surface area contributed by atoms with Crippen molar-refractivity contribution in [2.75, 3.05) is 9.71 Å². The molecule has 2 aliphatic carbocycles. The molecule has 0 saturated heterocycles. The minimum absolute atomic E-state index is 0.0426. The van der Waals surface area contributed by atoms with Gasteiger partial charge in [-0.05, 0) is 153 Å². The van der Waals surface area contributed by atoms with Crippen LogP contribution in [0.2, 0.25) is 0 Å². The van der Waals surface area contributed by atoms with Crippen LogP contribution in [-0.4, -0.2) is 6.85 Å².